The van der Waals surface area contributed by atoms with Gasteiger partial charge in [-0.15, -0.1) is 0 Å². The van der Waals surface area contributed by atoms with Gasteiger partial charge in [-0.1, -0.05) is 31.7 Å². The highest BCUT2D eigenvalue weighted by Crippen LogP contribution is 2.18. The lowest BCUT2D eigenvalue weighted by Crippen LogP contribution is -2.30. The van der Waals surface area contributed by atoms with Crippen molar-refractivity contribution in [2.24, 2.45) is 17.6 Å². The molecule has 0 fully saturated rings. The van der Waals surface area contributed by atoms with Crippen LogP contribution in [0.5, 0.6) is 0 Å². The Morgan fingerprint density at radius 2 is 1.10 bits per heavy atom. The van der Waals surface area contributed by atoms with Crippen LogP contribution in [0, 0.1) is 11.8 Å². The molecule has 63 heavy (non-hydrogen) atoms. The van der Waals surface area contributed by atoms with E-state index in [4.69, 9.17) is 35.1 Å². The second kappa shape index (κ2) is 32.5. The van der Waals surface area contributed by atoms with Crippen molar-refractivity contribution in [3.63, 3.8) is 0 Å². The molecule has 0 bridgehead atoms. The number of carboxylic acid groups (broad SMARTS) is 1. The van der Waals surface area contributed by atoms with Gasteiger partial charge in [-0.05, 0) is 115 Å². The average Bonchev–Trinajstić information content (AvgIpc) is 3.15. The third kappa shape index (κ3) is 31.4. The summed E-state index contributed by atoms with van der Waals surface area (Å²) < 4.78 is 15.6. The number of rotatable bonds is 22. The lowest BCUT2D eigenvalue weighted by Gasteiger charge is -2.21. The topological polar surface area (TPSA) is 281 Å². The molecule has 17 nitrogen and oxygen atoms in total. The fourth-order valence-corrected chi connectivity index (χ4v) is 6.26. The molecule has 2 amide bonds. The van der Waals surface area contributed by atoms with Gasteiger partial charge in [0.2, 0.25) is 11.8 Å². The number of esters is 3. The fourth-order valence-electron chi connectivity index (χ4n) is 4.94. The van der Waals surface area contributed by atoms with Crippen LogP contribution in [0.4, 0.5) is 11.4 Å². The Labute approximate surface area is 381 Å². The van der Waals surface area contributed by atoms with E-state index >= 15 is 0 Å². The lowest BCUT2D eigenvalue weighted by molar-refractivity contribution is -0.161. The summed E-state index contributed by atoms with van der Waals surface area (Å²) in [7, 11) is -3.13. The Morgan fingerprint density at radius 3 is 1.48 bits per heavy atom. The molecule has 2 rings (SSSR count). The molecule has 0 spiro atoms. The zero-order valence-corrected chi connectivity index (χ0v) is 38.6. The van der Waals surface area contributed by atoms with Gasteiger partial charge in [0.15, 0.2) is 0 Å². The van der Waals surface area contributed by atoms with E-state index in [1.165, 1.54) is 35.7 Å². The van der Waals surface area contributed by atoms with E-state index in [1.807, 2.05) is 12.5 Å². The molecule has 0 aromatic heterocycles. The van der Waals surface area contributed by atoms with E-state index in [-0.39, 0.29) is 50.6 Å². The molecule has 354 valence electrons. The zero-order valence-electron chi connectivity index (χ0n) is 37.0. The summed E-state index contributed by atoms with van der Waals surface area (Å²) in [5.41, 5.74) is 5.78. The smallest absolute Gasteiger partial charge is 0.481 e. The van der Waals surface area contributed by atoms with Gasteiger partial charge in [-0.25, -0.2) is 0 Å². The Morgan fingerprint density at radius 1 is 0.683 bits per heavy atom. The maximum atomic E-state index is 12.3. The first-order chi connectivity index (χ1) is 28.9. The summed E-state index contributed by atoms with van der Waals surface area (Å²) in [6.07, 6.45) is 5.82. The number of hydrogen-bond acceptors (Lipinski definition) is 16. The second-order valence-corrected chi connectivity index (χ2v) is 17.7. The van der Waals surface area contributed by atoms with Crippen LogP contribution in [0.3, 0.4) is 0 Å². The summed E-state index contributed by atoms with van der Waals surface area (Å²) in [5.74, 6) is -2.97. The van der Waals surface area contributed by atoms with E-state index in [1.54, 1.807) is 77.9 Å². The van der Waals surface area contributed by atoms with Crippen LogP contribution >= 0.6 is 23.5 Å². The molecule has 0 heterocycles. The van der Waals surface area contributed by atoms with E-state index in [2.05, 4.69) is 10.6 Å². The van der Waals surface area contributed by atoms with Gasteiger partial charge in [0, 0.05) is 35.7 Å². The number of unbranched alkanes of at least 4 members (excludes halogenated alkanes) is 1. The largest absolute Gasteiger partial charge is 0.488 e. The minimum atomic E-state index is -1.60. The maximum absolute atomic E-state index is 12.3. The summed E-state index contributed by atoms with van der Waals surface area (Å²) in [6, 6.07) is 12.7. The van der Waals surface area contributed by atoms with Gasteiger partial charge < -0.3 is 55.8 Å². The summed E-state index contributed by atoms with van der Waals surface area (Å²) >= 11 is 2.87. The van der Waals surface area contributed by atoms with Crippen LogP contribution in [0.1, 0.15) is 93.9 Å². The standard InChI is InChI=1S/C21H32BNO7S.C10H15BN2O3.C10H18O4S.CH4/c1-21(2,3)30-19(25)12-15(14-31-4)20(26)29-11-6-5-10-18(24)23-17-9-7-8-16(13-17)22(27)28;12-6-2-5-10(14)13-9-4-1-3-8(7-9)11(15)16;1-10(2,3)14-8(11)5-7(6-15-4)9(12)13;/h7-9,13,15,27-28H,5-6,10-12,14H2,1-4H3,(H,23,24);1,3-4,7,15-16H,2,5-6,12H2,(H,13,14);7H,5-6H2,1-4H3,(H,12,13);1H4. The molecule has 0 saturated heterocycles. The number of nitrogens with one attached hydrogen (secondary N) is 2. The number of benzene rings is 2. The first-order valence-corrected chi connectivity index (χ1v) is 22.7. The first kappa shape index (κ1) is 61.0. The zero-order chi connectivity index (χ0) is 47.5. The molecule has 0 aliphatic rings. The molecule has 2 atom stereocenters. The number of anilines is 2. The van der Waals surface area contributed by atoms with Gasteiger partial charge in [-0.3, -0.25) is 28.8 Å². The first-order valence-electron chi connectivity index (χ1n) is 19.9. The van der Waals surface area contributed by atoms with E-state index in [9.17, 15) is 38.8 Å². The highest BCUT2D eigenvalue weighted by atomic mass is 32.2. The second-order valence-electron chi connectivity index (χ2n) is 15.8. The summed E-state index contributed by atoms with van der Waals surface area (Å²) in [5, 5.41) is 50.4. The van der Waals surface area contributed by atoms with Crippen molar-refractivity contribution in [2.75, 3.05) is 47.8 Å². The Balaban J connectivity index is 0. The number of carbonyl (C=O) groups is 6. The average molecular weight is 926 g/mol. The van der Waals surface area contributed by atoms with Gasteiger partial charge in [0.05, 0.1) is 31.3 Å². The number of aliphatic carboxylic acids is 1. The van der Waals surface area contributed by atoms with E-state index in [0.717, 1.165) is 0 Å². The summed E-state index contributed by atoms with van der Waals surface area (Å²) in [4.78, 5) is 69.8. The van der Waals surface area contributed by atoms with Crippen molar-refractivity contribution >= 4 is 95.8 Å². The van der Waals surface area contributed by atoms with Crippen LogP contribution in [0.15, 0.2) is 48.5 Å². The molecule has 21 heteroatoms. The molecule has 2 unspecified atom stereocenters. The number of amides is 2. The highest BCUT2D eigenvalue weighted by molar-refractivity contribution is 7.98. The molecule has 2 aromatic rings. The number of carboxylic acids is 1. The fraction of sp³-hybridized carbons (Fsp3) is 0.571. The van der Waals surface area contributed by atoms with Gasteiger partial charge in [-0.2, -0.15) is 23.5 Å². The number of hydrogen-bond donors (Lipinski definition) is 8. The molecule has 0 aliphatic heterocycles. The Kier molecular flexibility index (Phi) is 31.5. The lowest BCUT2D eigenvalue weighted by atomic mass is 9.80. The molecule has 0 aliphatic carbocycles. The van der Waals surface area contributed by atoms with Gasteiger partial charge in [0.25, 0.3) is 0 Å². The number of ether oxygens (including phenoxy) is 3. The Bertz CT molecular complexity index is 1690. The molecular formula is C42H69B2N3O14S2. The van der Waals surface area contributed by atoms with Crippen LogP contribution in [-0.4, -0.2) is 124 Å². The quantitative estimate of drug-likeness (QED) is 0.0364. The monoisotopic (exact) mass is 925 g/mol. The number of nitrogens with two attached hydrogens (primary N) is 1. The van der Waals surface area contributed by atoms with Crippen LogP contribution < -0.4 is 27.3 Å². The van der Waals surface area contributed by atoms with Gasteiger partial charge >= 0.3 is 38.1 Å². The predicted octanol–water partition coefficient (Wildman–Crippen LogP) is 3.19. The van der Waals surface area contributed by atoms with Crippen LogP contribution in [-0.2, 0) is 43.0 Å². The van der Waals surface area contributed by atoms with E-state index in [0.29, 0.717) is 60.6 Å². The highest BCUT2D eigenvalue weighted by Gasteiger charge is 2.27. The molecule has 0 saturated carbocycles. The van der Waals surface area contributed by atoms with Crippen molar-refractivity contribution in [2.45, 2.75) is 105 Å². The molecule has 2 aromatic carbocycles. The van der Waals surface area contributed by atoms with Crippen molar-refractivity contribution in [1.29, 1.82) is 0 Å². The van der Waals surface area contributed by atoms with Crippen molar-refractivity contribution in [1.82, 2.24) is 0 Å². The molecule has 0 radical (unpaired) electrons. The van der Waals surface area contributed by atoms with Crippen LogP contribution in [0.2, 0.25) is 0 Å². The third-order valence-electron chi connectivity index (χ3n) is 7.67. The SMILES string of the molecule is C.CSCC(CC(=O)OC(C)(C)C)C(=O)O.CSCC(CC(=O)OC(C)(C)C)C(=O)OCCCCC(=O)Nc1cccc(B(O)O)c1.NCCCC(=O)Nc1cccc(B(O)O)c1. The maximum Gasteiger partial charge on any atom is 0.488 e. The molecular weight excluding hydrogens is 856 g/mol. The minimum Gasteiger partial charge on any atom is -0.481 e. The van der Waals surface area contributed by atoms with Crippen molar-refractivity contribution in [3.8, 4) is 0 Å². The van der Waals surface area contributed by atoms with Crippen molar-refractivity contribution in [3.05, 3.63) is 48.5 Å². The normalized spacial score (nSPS) is 11.6. The van der Waals surface area contributed by atoms with Crippen LogP contribution in [0.25, 0.3) is 0 Å². The molecule has 9 N–H and O–H groups in total. The Hall–Kier alpha value is -4.11. The predicted molar refractivity (Wildman–Crippen MR) is 252 cm³/mol. The van der Waals surface area contributed by atoms with Crippen molar-refractivity contribution < 1.29 is 68.2 Å². The van der Waals surface area contributed by atoms with Gasteiger partial charge in [0.1, 0.15) is 11.2 Å². The number of carbonyl (C=O) groups excluding carboxylic acids is 5. The van der Waals surface area contributed by atoms with E-state index < -0.39 is 61.2 Å². The number of thioether (sulfide) groups is 2. The summed E-state index contributed by atoms with van der Waals surface area (Å²) in [6.45, 7) is 11.2. The minimum absolute atomic E-state index is 0. The third-order valence-corrected chi connectivity index (χ3v) is 9.14.